The summed E-state index contributed by atoms with van der Waals surface area (Å²) in [5, 5.41) is 11.8. The molecule has 3 N–H and O–H groups in total. The van der Waals surface area contributed by atoms with Crippen molar-refractivity contribution in [3.05, 3.63) is 89.0 Å². The number of carbonyl (C=O) groups excluding carboxylic acids is 1. The van der Waals surface area contributed by atoms with E-state index in [0.29, 0.717) is 11.2 Å². The van der Waals surface area contributed by atoms with Crippen molar-refractivity contribution >= 4 is 28.9 Å². The molecule has 4 aromatic rings. The van der Waals surface area contributed by atoms with Crippen molar-refractivity contribution < 1.29 is 19.1 Å². The Bertz CT molecular complexity index is 1350. The number of imidazole rings is 1. The van der Waals surface area contributed by atoms with Crippen LogP contribution in [0.25, 0.3) is 11.0 Å². The van der Waals surface area contributed by atoms with Crippen molar-refractivity contribution in [3.8, 4) is 11.8 Å². The highest BCUT2D eigenvalue weighted by molar-refractivity contribution is 6.04. The maximum absolute atomic E-state index is 13.7. The molecule has 0 spiro atoms. The molecule has 2 aromatic heterocycles. The zero-order valence-electron chi connectivity index (χ0n) is 15.3. The van der Waals surface area contributed by atoms with E-state index in [1.54, 1.807) is 42.5 Å². The molecule has 7 nitrogen and oxygen atoms in total. The number of nitrogens with one attached hydrogen (secondary N) is 2. The average molecular weight is 400 g/mol. The fourth-order valence-corrected chi connectivity index (χ4v) is 2.76. The van der Waals surface area contributed by atoms with Gasteiger partial charge in [0.25, 0.3) is 5.91 Å². The summed E-state index contributed by atoms with van der Waals surface area (Å²) in [6, 6.07) is 15.5. The number of amides is 1. The van der Waals surface area contributed by atoms with Crippen LogP contribution in [-0.4, -0.2) is 31.9 Å². The van der Waals surface area contributed by atoms with E-state index in [1.807, 2.05) is 0 Å². The van der Waals surface area contributed by atoms with Crippen LogP contribution >= 0.6 is 0 Å². The highest BCUT2D eigenvalue weighted by Gasteiger charge is 2.15. The van der Waals surface area contributed by atoms with E-state index in [0.717, 1.165) is 0 Å². The van der Waals surface area contributed by atoms with E-state index in [2.05, 4.69) is 32.1 Å². The molecule has 30 heavy (non-hydrogen) atoms. The van der Waals surface area contributed by atoms with Gasteiger partial charge in [-0.1, -0.05) is 30.2 Å². The van der Waals surface area contributed by atoms with Crippen molar-refractivity contribution in [3.63, 3.8) is 0 Å². The second-order valence-corrected chi connectivity index (χ2v) is 6.18. The largest absolute Gasteiger partial charge is 0.478 e. The van der Waals surface area contributed by atoms with Crippen LogP contribution in [0.3, 0.4) is 0 Å². The van der Waals surface area contributed by atoms with Crippen molar-refractivity contribution in [1.29, 1.82) is 0 Å². The maximum atomic E-state index is 13.7. The third-order valence-electron chi connectivity index (χ3n) is 4.16. The van der Waals surface area contributed by atoms with E-state index < -0.39 is 17.7 Å². The topological polar surface area (TPSA) is 108 Å². The Morgan fingerprint density at radius 1 is 0.967 bits per heavy atom. The quantitative estimate of drug-likeness (QED) is 0.457. The molecular formula is C22H13FN4O3. The second kappa shape index (κ2) is 7.85. The molecule has 0 unspecified atom stereocenters. The Balaban J connectivity index is 1.57. The van der Waals surface area contributed by atoms with Gasteiger partial charge in [0.05, 0.1) is 16.6 Å². The van der Waals surface area contributed by atoms with Crippen LogP contribution in [0.5, 0.6) is 0 Å². The highest BCUT2D eigenvalue weighted by atomic mass is 19.1. The Labute approximate surface area is 169 Å². The molecule has 0 saturated carbocycles. The number of para-hydroxylation sites is 1. The fraction of sp³-hybridized carbons (Fsp3) is 0. The first-order chi connectivity index (χ1) is 14.5. The van der Waals surface area contributed by atoms with Gasteiger partial charge in [-0.15, -0.1) is 0 Å². The minimum absolute atomic E-state index is 0.0211. The van der Waals surface area contributed by atoms with E-state index in [4.69, 9.17) is 0 Å². The number of benzene rings is 2. The van der Waals surface area contributed by atoms with Gasteiger partial charge in [-0.3, -0.25) is 10.1 Å². The molecule has 1 amide bonds. The number of aromatic amines is 1. The Morgan fingerprint density at radius 2 is 1.77 bits per heavy atom. The normalized spacial score (nSPS) is 10.3. The summed E-state index contributed by atoms with van der Waals surface area (Å²) in [5.41, 5.74) is 1.33. The van der Waals surface area contributed by atoms with Crippen molar-refractivity contribution in [2.45, 2.75) is 0 Å². The van der Waals surface area contributed by atoms with E-state index in [9.17, 15) is 19.1 Å². The second-order valence-electron chi connectivity index (χ2n) is 6.18. The summed E-state index contributed by atoms with van der Waals surface area (Å²) in [6.07, 6.45) is 0. The number of carbonyl (C=O) groups is 2. The average Bonchev–Trinajstić information content (AvgIpc) is 3.15. The number of fused-ring (bicyclic) bond motifs is 1. The molecule has 4 rings (SSSR count). The third-order valence-corrected chi connectivity index (χ3v) is 4.16. The number of hydrogen-bond donors (Lipinski definition) is 3. The van der Waals surface area contributed by atoms with E-state index >= 15 is 0 Å². The van der Waals surface area contributed by atoms with Gasteiger partial charge >= 0.3 is 5.97 Å². The van der Waals surface area contributed by atoms with Gasteiger partial charge < -0.3 is 10.1 Å². The third kappa shape index (κ3) is 3.86. The summed E-state index contributed by atoms with van der Waals surface area (Å²) < 4.78 is 13.7. The lowest BCUT2D eigenvalue weighted by molar-refractivity contribution is 0.0698. The number of pyridine rings is 1. The number of halogens is 1. The molecule has 0 aliphatic rings. The van der Waals surface area contributed by atoms with Crippen LogP contribution in [-0.2, 0) is 0 Å². The molecule has 0 saturated heterocycles. The molecule has 8 heteroatoms. The Morgan fingerprint density at radius 3 is 2.57 bits per heavy atom. The van der Waals surface area contributed by atoms with Crippen LogP contribution in [0.4, 0.5) is 10.3 Å². The number of H-pyrrole nitrogens is 1. The molecule has 0 radical (unpaired) electrons. The monoisotopic (exact) mass is 400 g/mol. The summed E-state index contributed by atoms with van der Waals surface area (Å²) in [6.45, 7) is 0. The molecule has 146 valence electrons. The van der Waals surface area contributed by atoms with Gasteiger partial charge in [0.1, 0.15) is 22.7 Å². The van der Waals surface area contributed by atoms with E-state index in [-0.39, 0.29) is 28.3 Å². The van der Waals surface area contributed by atoms with Gasteiger partial charge in [-0.2, -0.15) is 0 Å². The molecule has 0 aliphatic heterocycles. The minimum atomic E-state index is -1.12. The minimum Gasteiger partial charge on any atom is -0.478 e. The maximum Gasteiger partial charge on any atom is 0.337 e. The smallest absolute Gasteiger partial charge is 0.337 e. The van der Waals surface area contributed by atoms with Crippen LogP contribution in [0, 0.1) is 17.7 Å². The van der Waals surface area contributed by atoms with Gasteiger partial charge in [-0.05, 0) is 42.3 Å². The van der Waals surface area contributed by atoms with Gasteiger partial charge in [0.2, 0.25) is 5.95 Å². The first-order valence-corrected chi connectivity index (χ1v) is 8.78. The lowest BCUT2D eigenvalue weighted by Crippen LogP contribution is -2.15. The number of nitrogens with zero attached hydrogens (tertiary/aromatic N) is 2. The van der Waals surface area contributed by atoms with Gasteiger partial charge in [0.15, 0.2) is 0 Å². The zero-order chi connectivity index (χ0) is 21.1. The zero-order valence-corrected chi connectivity index (χ0v) is 15.3. The Kier molecular flexibility index (Phi) is 4.93. The van der Waals surface area contributed by atoms with Crippen LogP contribution in [0.2, 0.25) is 0 Å². The lowest BCUT2D eigenvalue weighted by atomic mass is 10.2. The molecular weight excluding hydrogens is 387 g/mol. The van der Waals surface area contributed by atoms with E-state index in [1.165, 1.54) is 18.2 Å². The van der Waals surface area contributed by atoms with Gasteiger partial charge in [0, 0.05) is 0 Å². The van der Waals surface area contributed by atoms with Gasteiger partial charge in [-0.25, -0.2) is 19.2 Å². The van der Waals surface area contributed by atoms with Crippen molar-refractivity contribution in [2.75, 3.05) is 5.32 Å². The molecule has 2 aromatic carbocycles. The standard InChI is InChI=1S/C22H13FN4O3/c23-16-8-2-1-5-13(16)11-12-14-6-3-10-18(24-14)20(28)27-22-25-17-9-4-7-15(21(29)30)19(17)26-22/h1-10H,(H,29,30)(H2,25,26,27,28). The number of hydrogen-bond acceptors (Lipinski definition) is 4. The predicted octanol–water partition coefficient (Wildman–Crippen LogP) is 3.45. The van der Waals surface area contributed by atoms with Crippen molar-refractivity contribution in [2.24, 2.45) is 0 Å². The molecule has 0 fully saturated rings. The summed E-state index contributed by atoms with van der Waals surface area (Å²) >= 11 is 0. The number of aromatic carboxylic acids is 1. The molecule has 0 aliphatic carbocycles. The van der Waals surface area contributed by atoms with Crippen LogP contribution in [0.15, 0.2) is 60.7 Å². The number of rotatable bonds is 3. The number of anilines is 1. The summed E-state index contributed by atoms with van der Waals surface area (Å²) in [5.74, 6) is 3.40. The summed E-state index contributed by atoms with van der Waals surface area (Å²) in [4.78, 5) is 35.0. The molecule has 0 atom stereocenters. The number of carboxylic acids is 1. The summed E-state index contributed by atoms with van der Waals surface area (Å²) in [7, 11) is 0. The lowest BCUT2D eigenvalue weighted by Gasteiger charge is -2.01. The first kappa shape index (κ1) is 18.8. The number of carboxylic acid groups (broad SMARTS) is 1. The molecule has 0 bridgehead atoms. The first-order valence-electron chi connectivity index (χ1n) is 8.78. The van der Waals surface area contributed by atoms with Crippen LogP contribution < -0.4 is 5.32 Å². The van der Waals surface area contributed by atoms with Crippen molar-refractivity contribution in [1.82, 2.24) is 15.0 Å². The SMILES string of the molecule is O=C(Nc1nc2c(C(=O)O)cccc2[nH]1)c1cccc(C#Cc2ccccc2F)n1. The molecule has 2 heterocycles. The number of aromatic nitrogens is 3. The fourth-order valence-electron chi connectivity index (χ4n) is 2.76. The highest BCUT2D eigenvalue weighted by Crippen LogP contribution is 2.19. The predicted molar refractivity (Wildman–Crippen MR) is 108 cm³/mol. The van der Waals surface area contributed by atoms with Crippen LogP contribution in [0.1, 0.15) is 32.1 Å². The Hall–Kier alpha value is -4.51.